The first-order valence-corrected chi connectivity index (χ1v) is 8.33. The van der Waals surface area contributed by atoms with Crippen LogP contribution in [0.2, 0.25) is 0 Å². The molecular weight excluding hydrogens is 324 g/mol. The van der Waals surface area contributed by atoms with Gasteiger partial charge in [-0.05, 0) is 43.9 Å². The third kappa shape index (κ3) is 3.99. The molecule has 2 aromatic rings. The van der Waals surface area contributed by atoms with Crippen molar-refractivity contribution in [2.24, 2.45) is 0 Å². The largest absolute Gasteiger partial charge is 0.505 e. The van der Waals surface area contributed by atoms with Crippen LogP contribution in [0.25, 0.3) is 10.8 Å². The number of carbonyl (C=O) groups excluding carboxylic acids is 1. The molecule has 3 rings (SSSR count). The van der Waals surface area contributed by atoms with Crippen LogP contribution in [0.5, 0.6) is 11.5 Å². The number of hydrogen-bond acceptors (Lipinski definition) is 5. The Kier molecular flexibility index (Phi) is 5.02. The van der Waals surface area contributed by atoms with Crippen molar-refractivity contribution in [3.05, 3.63) is 30.1 Å². The number of pyridine rings is 1. The molecule has 1 aromatic heterocycles. The number of amides is 1. The lowest BCUT2D eigenvalue weighted by Crippen LogP contribution is -2.29. The molecule has 0 saturated heterocycles. The lowest BCUT2D eigenvalue weighted by Gasteiger charge is -2.23. The van der Waals surface area contributed by atoms with Crippen molar-refractivity contribution in [3.63, 3.8) is 0 Å². The predicted octanol–water partition coefficient (Wildman–Crippen LogP) is 2.47. The summed E-state index contributed by atoms with van der Waals surface area (Å²) >= 11 is 0. The van der Waals surface area contributed by atoms with Gasteiger partial charge in [0, 0.05) is 17.0 Å². The van der Waals surface area contributed by atoms with Crippen molar-refractivity contribution in [1.82, 2.24) is 10.3 Å². The highest BCUT2D eigenvalue weighted by atomic mass is 16.5. The van der Waals surface area contributed by atoms with Gasteiger partial charge in [-0.25, -0.2) is 4.98 Å². The Hall–Kier alpha value is -2.83. The molecule has 1 aliphatic rings. The Morgan fingerprint density at radius 2 is 2.00 bits per heavy atom. The normalized spacial score (nSPS) is 15.0. The minimum Gasteiger partial charge on any atom is -0.505 e. The molecule has 7 heteroatoms. The van der Waals surface area contributed by atoms with E-state index in [0.717, 1.165) is 25.7 Å². The number of carboxylic acids is 1. The molecule has 1 aliphatic carbocycles. The fourth-order valence-electron chi connectivity index (χ4n) is 3.03. The average Bonchev–Trinajstić information content (AvgIpc) is 2.61. The fourth-order valence-corrected chi connectivity index (χ4v) is 3.03. The SMILES string of the molecule is O=C(O)CNC(=O)c1ncc2ccc(OC3CCCCC3)cc2c1O. The minimum atomic E-state index is -1.17. The number of aromatic hydroxyl groups is 1. The lowest BCUT2D eigenvalue weighted by molar-refractivity contribution is -0.135. The fraction of sp³-hybridized carbons (Fsp3) is 0.389. The van der Waals surface area contributed by atoms with Crippen LogP contribution in [-0.4, -0.2) is 39.7 Å². The molecule has 0 bridgehead atoms. The van der Waals surface area contributed by atoms with E-state index in [4.69, 9.17) is 9.84 Å². The summed E-state index contributed by atoms with van der Waals surface area (Å²) in [4.78, 5) is 26.5. The van der Waals surface area contributed by atoms with E-state index in [9.17, 15) is 14.7 Å². The summed E-state index contributed by atoms with van der Waals surface area (Å²) in [5.41, 5.74) is -0.205. The standard InChI is InChI=1S/C18H20N2O5/c21-15(22)10-20-18(24)16-17(23)14-8-13(7-6-11(14)9-19-16)25-12-4-2-1-3-5-12/h6-9,12,23H,1-5,10H2,(H,20,24)(H,21,22). The summed E-state index contributed by atoms with van der Waals surface area (Å²) in [6, 6.07) is 5.29. The first kappa shape index (κ1) is 17.0. The Balaban J connectivity index is 1.85. The van der Waals surface area contributed by atoms with Crippen molar-refractivity contribution >= 4 is 22.6 Å². The molecule has 3 N–H and O–H groups in total. The lowest BCUT2D eigenvalue weighted by atomic mass is 9.98. The second-order valence-corrected chi connectivity index (χ2v) is 6.16. The van der Waals surface area contributed by atoms with Gasteiger partial charge >= 0.3 is 5.97 Å². The van der Waals surface area contributed by atoms with E-state index < -0.39 is 18.4 Å². The number of nitrogens with one attached hydrogen (secondary N) is 1. The smallest absolute Gasteiger partial charge is 0.322 e. The number of ether oxygens (including phenoxy) is 1. The third-order valence-corrected chi connectivity index (χ3v) is 4.31. The monoisotopic (exact) mass is 344 g/mol. The number of aliphatic carboxylic acids is 1. The van der Waals surface area contributed by atoms with Gasteiger partial charge in [-0.15, -0.1) is 0 Å². The van der Waals surface area contributed by atoms with Crippen LogP contribution in [0, 0.1) is 0 Å². The maximum atomic E-state index is 12.0. The van der Waals surface area contributed by atoms with Crippen molar-refractivity contribution in [3.8, 4) is 11.5 Å². The first-order valence-electron chi connectivity index (χ1n) is 8.33. The number of carbonyl (C=O) groups is 2. The van der Waals surface area contributed by atoms with Crippen LogP contribution in [-0.2, 0) is 4.79 Å². The van der Waals surface area contributed by atoms with Crippen LogP contribution in [0.3, 0.4) is 0 Å². The molecule has 1 aromatic carbocycles. The maximum Gasteiger partial charge on any atom is 0.322 e. The summed E-state index contributed by atoms with van der Waals surface area (Å²) in [7, 11) is 0. The average molecular weight is 344 g/mol. The third-order valence-electron chi connectivity index (χ3n) is 4.31. The Morgan fingerprint density at radius 3 is 2.72 bits per heavy atom. The molecule has 1 amide bonds. The first-order chi connectivity index (χ1) is 12.0. The zero-order chi connectivity index (χ0) is 17.8. The second kappa shape index (κ2) is 7.38. The van der Waals surface area contributed by atoms with E-state index in [1.54, 1.807) is 12.1 Å². The molecule has 1 fully saturated rings. The van der Waals surface area contributed by atoms with Gasteiger partial charge in [0.2, 0.25) is 0 Å². The molecule has 0 radical (unpaired) electrons. The van der Waals surface area contributed by atoms with E-state index >= 15 is 0 Å². The summed E-state index contributed by atoms with van der Waals surface area (Å²) in [6.07, 6.45) is 7.22. The number of fused-ring (bicyclic) bond motifs is 1. The highest BCUT2D eigenvalue weighted by Crippen LogP contribution is 2.31. The van der Waals surface area contributed by atoms with E-state index in [1.165, 1.54) is 12.6 Å². The Morgan fingerprint density at radius 1 is 1.24 bits per heavy atom. The second-order valence-electron chi connectivity index (χ2n) is 6.16. The van der Waals surface area contributed by atoms with E-state index in [0.29, 0.717) is 16.5 Å². The zero-order valence-corrected chi connectivity index (χ0v) is 13.7. The van der Waals surface area contributed by atoms with Gasteiger partial charge in [-0.1, -0.05) is 6.42 Å². The molecule has 0 aliphatic heterocycles. The van der Waals surface area contributed by atoms with Gasteiger partial charge in [-0.3, -0.25) is 9.59 Å². The van der Waals surface area contributed by atoms with Crippen molar-refractivity contribution in [2.45, 2.75) is 38.2 Å². The summed E-state index contributed by atoms with van der Waals surface area (Å²) in [6.45, 7) is -0.539. The van der Waals surface area contributed by atoms with Crippen molar-refractivity contribution in [1.29, 1.82) is 0 Å². The molecular formula is C18H20N2O5. The van der Waals surface area contributed by atoms with Crippen molar-refractivity contribution < 1.29 is 24.5 Å². The van der Waals surface area contributed by atoms with Gasteiger partial charge < -0.3 is 20.3 Å². The van der Waals surface area contributed by atoms with Gasteiger partial charge in [-0.2, -0.15) is 0 Å². The van der Waals surface area contributed by atoms with Crippen LogP contribution in [0.15, 0.2) is 24.4 Å². The number of rotatable bonds is 5. The topological polar surface area (TPSA) is 109 Å². The molecule has 1 heterocycles. The zero-order valence-electron chi connectivity index (χ0n) is 13.7. The predicted molar refractivity (Wildman–Crippen MR) is 90.9 cm³/mol. The summed E-state index contributed by atoms with van der Waals surface area (Å²) < 4.78 is 5.99. The van der Waals surface area contributed by atoms with Gasteiger partial charge in [0.15, 0.2) is 11.4 Å². The van der Waals surface area contributed by atoms with E-state index in [1.807, 2.05) is 6.07 Å². The summed E-state index contributed by atoms with van der Waals surface area (Å²) in [5, 5.41) is 22.3. The van der Waals surface area contributed by atoms with Gasteiger partial charge in [0.25, 0.3) is 5.91 Å². The van der Waals surface area contributed by atoms with Crippen LogP contribution < -0.4 is 10.1 Å². The number of carboxylic acid groups (broad SMARTS) is 1. The van der Waals surface area contributed by atoms with Crippen LogP contribution in [0.4, 0.5) is 0 Å². The van der Waals surface area contributed by atoms with E-state index in [2.05, 4.69) is 10.3 Å². The quantitative estimate of drug-likeness (QED) is 0.769. The Labute approximate surface area is 144 Å². The molecule has 132 valence electrons. The highest BCUT2D eigenvalue weighted by molar-refractivity contribution is 6.02. The number of nitrogens with zero attached hydrogens (tertiary/aromatic N) is 1. The Bertz CT molecular complexity index is 799. The number of hydrogen-bond donors (Lipinski definition) is 3. The number of benzene rings is 1. The molecule has 25 heavy (non-hydrogen) atoms. The molecule has 0 atom stereocenters. The van der Waals surface area contributed by atoms with Crippen molar-refractivity contribution in [2.75, 3.05) is 6.54 Å². The number of aromatic nitrogens is 1. The maximum absolute atomic E-state index is 12.0. The molecule has 1 saturated carbocycles. The summed E-state index contributed by atoms with van der Waals surface area (Å²) in [5.74, 6) is -1.55. The van der Waals surface area contributed by atoms with Gasteiger partial charge in [0.1, 0.15) is 12.3 Å². The molecule has 0 spiro atoms. The highest BCUT2D eigenvalue weighted by Gasteiger charge is 2.18. The van der Waals surface area contributed by atoms with Crippen LogP contribution >= 0.6 is 0 Å². The van der Waals surface area contributed by atoms with Gasteiger partial charge in [0.05, 0.1) is 6.10 Å². The molecule has 0 unspecified atom stereocenters. The van der Waals surface area contributed by atoms with E-state index in [-0.39, 0.29) is 17.5 Å². The molecule has 7 nitrogen and oxygen atoms in total. The van der Waals surface area contributed by atoms with Crippen LogP contribution in [0.1, 0.15) is 42.6 Å². The minimum absolute atomic E-state index is 0.175.